The normalized spacial score (nSPS) is 21.0. The number of nitrogens with one attached hydrogen (secondary N) is 1. The van der Waals surface area contributed by atoms with Crippen LogP contribution in [0.1, 0.15) is 37.7 Å². The molecule has 2 atom stereocenters. The number of hydrogen-bond acceptors (Lipinski definition) is 2. The third-order valence-electron chi connectivity index (χ3n) is 3.48. The number of carbonyl (C=O) groups is 1. The van der Waals surface area contributed by atoms with Gasteiger partial charge in [0.2, 0.25) is 5.91 Å². The van der Waals surface area contributed by atoms with Gasteiger partial charge in [0.25, 0.3) is 0 Å². The number of ether oxygens (including phenoxy) is 1. The lowest BCUT2D eigenvalue weighted by Gasteiger charge is -2.10. The molecule has 1 aromatic rings. The number of carbonyl (C=O) groups excluding carboxylic acids is 1. The van der Waals surface area contributed by atoms with Crippen molar-refractivity contribution in [1.29, 1.82) is 0 Å². The summed E-state index contributed by atoms with van der Waals surface area (Å²) in [4.78, 5) is 11.4. The zero-order valence-electron chi connectivity index (χ0n) is 11.7. The molecule has 3 nitrogen and oxygen atoms in total. The van der Waals surface area contributed by atoms with Crippen LogP contribution in [0.2, 0.25) is 0 Å². The minimum Gasteiger partial charge on any atom is -0.406 e. The Kier molecular flexibility index (Phi) is 4.75. The predicted octanol–water partition coefficient (Wildman–Crippen LogP) is 3.61. The predicted molar refractivity (Wildman–Crippen MR) is 71.9 cm³/mol. The van der Waals surface area contributed by atoms with Crippen LogP contribution in [0.5, 0.6) is 5.75 Å². The standard InChI is InChI=1S/C15H18F3NO2/c1-2-4-14(20)19-9-11-8-13(11)10-5-3-6-12(7-10)21-15(16,17)18/h3,5-7,11,13H,2,4,8-9H2,1H3,(H,19,20)/t11-,13-/m0/s1. The molecule has 0 radical (unpaired) electrons. The lowest BCUT2D eigenvalue weighted by molar-refractivity contribution is -0.274. The molecular formula is C15H18F3NO2. The smallest absolute Gasteiger partial charge is 0.406 e. The topological polar surface area (TPSA) is 38.3 Å². The van der Waals surface area contributed by atoms with Crippen LogP contribution in [0.15, 0.2) is 24.3 Å². The van der Waals surface area contributed by atoms with E-state index in [1.54, 1.807) is 12.1 Å². The molecule has 1 aromatic carbocycles. The maximum absolute atomic E-state index is 12.2. The maximum Gasteiger partial charge on any atom is 0.573 e. The number of benzene rings is 1. The Balaban J connectivity index is 1.87. The highest BCUT2D eigenvalue weighted by Crippen LogP contribution is 2.47. The first-order valence-electron chi connectivity index (χ1n) is 7.01. The third kappa shape index (κ3) is 4.95. The molecule has 6 heteroatoms. The number of rotatable bonds is 6. The Morgan fingerprint density at radius 1 is 1.43 bits per heavy atom. The zero-order valence-corrected chi connectivity index (χ0v) is 11.7. The van der Waals surface area contributed by atoms with Crippen molar-refractivity contribution in [3.05, 3.63) is 29.8 Å². The van der Waals surface area contributed by atoms with Gasteiger partial charge in [0.15, 0.2) is 0 Å². The summed E-state index contributed by atoms with van der Waals surface area (Å²) in [6, 6.07) is 6.06. The van der Waals surface area contributed by atoms with Gasteiger partial charge in [-0.05, 0) is 42.4 Å². The number of amides is 1. The Bertz CT molecular complexity index is 502. The number of hydrogen-bond donors (Lipinski definition) is 1. The van der Waals surface area contributed by atoms with Crippen LogP contribution in [0, 0.1) is 5.92 Å². The van der Waals surface area contributed by atoms with Crippen molar-refractivity contribution in [2.24, 2.45) is 5.92 Å². The van der Waals surface area contributed by atoms with Crippen molar-refractivity contribution in [3.63, 3.8) is 0 Å². The summed E-state index contributed by atoms with van der Waals surface area (Å²) < 4.78 is 40.5. The van der Waals surface area contributed by atoms with Crippen molar-refractivity contribution in [2.75, 3.05) is 6.54 Å². The highest BCUT2D eigenvalue weighted by atomic mass is 19.4. The van der Waals surface area contributed by atoms with E-state index >= 15 is 0 Å². The van der Waals surface area contributed by atoms with Gasteiger partial charge in [0.05, 0.1) is 0 Å². The summed E-state index contributed by atoms with van der Waals surface area (Å²) in [5.41, 5.74) is 0.825. The molecular weight excluding hydrogens is 283 g/mol. The Hall–Kier alpha value is -1.72. The molecule has 1 fully saturated rings. The van der Waals surface area contributed by atoms with E-state index in [4.69, 9.17) is 0 Å². The SMILES string of the molecule is CCCC(=O)NC[C@@H]1C[C@H]1c1cccc(OC(F)(F)F)c1. The first kappa shape index (κ1) is 15.7. The monoisotopic (exact) mass is 301 g/mol. The third-order valence-corrected chi connectivity index (χ3v) is 3.48. The van der Waals surface area contributed by atoms with E-state index < -0.39 is 6.36 Å². The minimum absolute atomic E-state index is 0.0253. The van der Waals surface area contributed by atoms with E-state index in [2.05, 4.69) is 10.1 Å². The van der Waals surface area contributed by atoms with Crippen LogP contribution in [0.3, 0.4) is 0 Å². The van der Waals surface area contributed by atoms with Gasteiger partial charge < -0.3 is 10.1 Å². The molecule has 0 spiro atoms. The molecule has 0 aromatic heterocycles. The molecule has 1 amide bonds. The van der Waals surface area contributed by atoms with Crippen LogP contribution < -0.4 is 10.1 Å². The van der Waals surface area contributed by atoms with E-state index in [9.17, 15) is 18.0 Å². The molecule has 1 saturated carbocycles. The second kappa shape index (κ2) is 6.37. The first-order valence-corrected chi connectivity index (χ1v) is 7.01. The van der Waals surface area contributed by atoms with Gasteiger partial charge in [-0.3, -0.25) is 4.79 Å². The fourth-order valence-corrected chi connectivity index (χ4v) is 2.38. The van der Waals surface area contributed by atoms with Crippen molar-refractivity contribution in [2.45, 2.75) is 38.5 Å². The summed E-state index contributed by atoms with van der Waals surface area (Å²) in [6.07, 6.45) is -2.49. The Labute approximate surface area is 121 Å². The molecule has 1 aliphatic rings. The van der Waals surface area contributed by atoms with Gasteiger partial charge in [-0.25, -0.2) is 0 Å². The molecule has 0 heterocycles. The number of alkyl halides is 3. The zero-order chi connectivity index (χ0) is 15.5. The van der Waals surface area contributed by atoms with Crippen molar-refractivity contribution >= 4 is 5.91 Å². The molecule has 116 valence electrons. The lowest BCUT2D eigenvalue weighted by atomic mass is 10.1. The second-order valence-corrected chi connectivity index (χ2v) is 5.28. The summed E-state index contributed by atoms with van der Waals surface area (Å²) in [5.74, 6) is 0.327. The Morgan fingerprint density at radius 3 is 2.86 bits per heavy atom. The Morgan fingerprint density at radius 2 is 2.19 bits per heavy atom. The summed E-state index contributed by atoms with van der Waals surface area (Å²) in [7, 11) is 0. The van der Waals surface area contributed by atoms with Gasteiger partial charge in [-0.15, -0.1) is 13.2 Å². The fourth-order valence-electron chi connectivity index (χ4n) is 2.38. The quantitative estimate of drug-likeness (QED) is 0.871. The largest absolute Gasteiger partial charge is 0.573 e. The second-order valence-electron chi connectivity index (χ2n) is 5.28. The van der Waals surface area contributed by atoms with E-state index in [1.807, 2.05) is 6.92 Å². The van der Waals surface area contributed by atoms with Gasteiger partial charge in [0.1, 0.15) is 5.75 Å². The van der Waals surface area contributed by atoms with E-state index in [-0.39, 0.29) is 17.6 Å². The van der Waals surface area contributed by atoms with Crippen LogP contribution in [0.25, 0.3) is 0 Å². The number of halogens is 3. The molecule has 0 aliphatic heterocycles. The average molecular weight is 301 g/mol. The van der Waals surface area contributed by atoms with Crippen molar-refractivity contribution in [1.82, 2.24) is 5.32 Å². The molecule has 0 bridgehead atoms. The molecule has 2 rings (SSSR count). The van der Waals surface area contributed by atoms with E-state index in [1.165, 1.54) is 12.1 Å². The van der Waals surface area contributed by atoms with Crippen LogP contribution in [-0.4, -0.2) is 18.8 Å². The van der Waals surface area contributed by atoms with Crippen LogP contribution in [0.4, 0.5) is 13.2 Å². The van der Waals surface area contributed by atoms with Gasteiger partial charge in [-0.2, -0.15) is 0 Å². The lowest BCUT2D eigenvalue weighted by Crippen LogP contribution is -2.25. The first-order chi connectivity index (χ1) is 9.89. The van der Waals surface area contributed by atoms with Crippen LogP contribution in [-0.2, 0) is 4.79 Å². The fraction of sp³-hybridized carbons (Fsp3) is 0.533. The average Bonchev–Trinajstić information content (AvgIpc) is 3.14. The molecule has 0 unspecified atom stereocenters. The highest BCUT2D eigenvalue weighted by molar-refractivity contribution is 5.75. The summed E-state index contributed by atoms with van der Waals surface area (Å²) in [6.45, 7) is 2.51. The van der Waals surface area contributed by atoms with E-state index in [0.717, 1.165) is 18.4 Å². The van der Waals surface area contributed by atoms with E-state index in [0.29, 0.717) is 18.9 Å². The van der Waals surface area contributed by atoms with Crippen LogP contribution >= 0.6 is 0 Å². The molecule has 1 N–H and O–H groups in total. The van der Waals surface area contributed by atoms with Gasteiger partial charge >= 0.3 is 6.36 Å². The molecule has 21 heavy (non-hydrogen) atoms. The van der Waals surface area contributed by atoms with Gasteiger partial charge in [0, 0.05) is 13.0 Å². The summed E-state index contributed by atoms with van der Waals surface area (Å²) in [5, 5.41) is 2.85. The molecule has 0 saturated heterocycles. The highest BCUT2D eigenvalue weighted by Gasteiger charge is 2.39. The maximum atomic E-state index is 12.2. The van der Waals surface area contributed by atoms with Crippen molar-refractivity contribution < 1.29 is 22.7 Å². The minimum atomic E-state index is -4.67. The summed E-state index contributed by atoms with van der Waals surface area (Å²) >= 11 is 0. The van der Waals surface area contributed by atoms with Crippen molar-refractivity contribution in [3.8, 4) is 5.75 Å². The molecule has 1 aliphatic carbocycles. The van der Waals surface area contributed by atoms with Gasteiger partial charge in [-0.1, -0.05) is 19.1 Å².